The van der Waals surface area contributed by atoms with Crippen molar-refractivity contribution in [2.24, 2.45) is 10.7 Å². The third-order valence-corrected chi connectivity index (χ3v) is 1.76. The van der Waals surface area contributed by atoms with E-state index in [4.69, 9.17) is 17.3 Å². The Morgan fingerprint density at radius 3 is 2.80 bits per heavy atom. The summed E-state index contributed by atoms with van der Waals surface area (Å²) in [6.07, 6.45) is 1.53. The van der Waals surface area contributed by atoms with Crippen molar-refractivity contribution in [2.75, 3.05) is 12.4 Å². The van der Waals surface area contributed by atoms with E-state index in [0.717, 1.165) is 0 Å². The van der Waals surface area contributed by atoms with Gasteiger partial charge in [0.1, 0.15) is 5.82 Å². The molecular formula is C8H10ClN5S. The first-order valence-corrected chi connectivity index (χ1v) is 4.82. The minimum absolute atomic E-state index is 0.136. The number of nitrogens with zero attached hydrogens (tertiary/aromatic N) is 2. The maximum absolute atomic E-state index is 5.69. The van der Waals surface area contributed by atoms with Crippen LogP contribution in [0.4, 0.5) is 5.82 Å². The first-order valence-electron chi connectivity index (χ1n) is 4.03. The van der Waals surface area contributed by atoms with Gasteiger partial charge in [-0.25, -0.2) is 4.98 Å². The summed E-state index contributed by atoms with van der Waals surface area (Å²) in [6.45, 7) is 0. The van der Waals surface area contributed by atoms with Crippen molar-refractivity contribution in [3.05, 3.63) is 23.4 Å². The lowest BCUT2D eigenvalue weighted by Gasteiger charge is -2.09. The highest BCUT2D eigenvalue weighted by molar-refractivity contribution is 7.80. The smallest absolute Gasteiger partial charge is 0.202 e. The molecule has 0 spiro atoms. The highest BCUT2D eigenvalue weighted by Gasteiger charge is 2.00. The molecule has 0 aliphatic rings. The van der Waals surface area contributed by atoms with Crippen LogP contribution in [0.15, 0.2) is 23.3 Å². The average molecular weight is 244 g/mol. The minimum Gasteiger partial charge on any atom is -0.376 e. The fourth-order valence-electron chi connectivity index (χ4n) is 0.831. The van der Waals surface area contributed by atoms with Crippen molar-refractivity contribution in [2.45, 2.75) is 0 Å². The maximum Gasteiger partial charge on any atom is 0.202 e. The van der Waals surface area contributed by atoms with Gasteiger partial charge >= 0.3 is 0 Å². The van der Waals surface area contributed by atoms with Crippen LogP contribution in [0.3, 0.4) is 0 Å². The van der Waals surface area contributed by atoms with E-state index in [1.807, 2.05) is 0 Å². The second-order valence-corrected chi connectivity index (χ2v) is 3.42. The number of aromatic nitrogens is 1. The normalized spacial score (nSPS) is 10.9. The predicted molar refractivity (Wildman–Crippen MR) is 66.1 cm³/mol. The van der Waals surface area contributed by atoms with Gasteiger partial charge < -0.3 is 16.4 Å². The standard InChI is InChI=1S/C8H10ClN5S/c1-11-8(14-7(10)15)13-6-3-2-5(9)4-12-6/h2-4H,1H3,(H4,10,11,12,13,14,15). The first kappa shape index (κ1) is 11.7. The third kappa shape index (κ3) is 4.09. The molecule has 0 unspecified atom stereocenters. The van der Waals surface area contributed by atoms with Crippen LogP contribution >= 0.6 is 23.8 Å². The number of rotatable bonds is 1. The van der Waals surface area contributed by atoms with Gasteiger partial charge in [0.05, 0.1) is 5.02 Å². The molecule has 0 saturated heterocycles. The van der Waals surface area contributed by atoms with Crippen LogP contribution in [0.1, 0.15) is 0 Å². The second-order valence-electron chi connectivity index (χ2n) is 2.55. The molecule has 80 valence electrons. The molecule has 0 radical (unpaired) electrons. The minimum atomic E-state index is 0.136. The Labute approximate surface area is 97.7 Å². The summed E-state index contributed by atoms with van der Waals surface area (Å²) in [6, 6.07) is 3.43. The quantitative estimate of drug-likeness (QED) is 0.389. The van der Waals surface area contributed by atoms with Gasteiger partial charge in [0.15, 0.2) is 5.11 Å². The molecule has 1 heterocycles. The summed E-state index contributed by atoms with van der Waals surface area (Å²) in [7, 11) is 1.60. The van der Waals surface area contributed by atoms with Crippen molar-refractivity contribution in [1.82, 2.24) is 10.3 Å². The Balaban J connectivity index is 2.67. The van der Waals surface area contributed by atoms with E-state index in [1.54, 1.807) is 19.2 Å². The molecule has 5 nitrogen and oxygen atoms in total. The van der Waals surface area contributed by atoms with Crippen molar-refractivity contribution in [3.63, 3.8) is 0 Å². The van der Waals surface area contributed by atoms with Crippen LogP contribution in [0.5, 0.6) is 0 Å². The third-order valence-electron chi connectivity index (χ3n) is 1.44. The number of aliphatic imine (C=N–C) groups is 1. The number of nitrogens with one attached hydrogen (secondary N) is 2. The molecular weight excluding hydrogens is 234 g/mol. The van der Waals surface area contributed by atoms with Crippen molar-refractivity contribution >= 4 is 40.7 Å². The molecule has 0 bridgehead atoms. The Morgan fingerprint density at radius 2 is 2.33 bits per heavy atom. The number of hydrogen-bond acceptors (Lipinski definition) is 3. The SMILES string of the molecule is CN=C(NC(N)=S)Nc1ccc(Cl)cn1. The first-order chi connectivity index (χ1) is 7.11. The van der Waals surface area contributed by atoms with Crippen LogP contribution in [0.25, 0.3) is 0 Å². The summed E-state index contributed by atoms with van der Waals surface area (Å²) >= 11 is 10.4. The van der Waals surface area contributed by atoms with E-state index in [2.05, 4.69) is 32.8 Å². The molecule has 7 heteroatoms. The number of nitrogens with two attached hydrogens (primary N) is 1. The summed E-state index contributed by atoms with van der Waals surface area (Å²) in [4.78, 5) is 7.93. The number of guanidine groups is 1. The van der Waals surface area contributed by atoms with E-state index in [9.17, 15) is 0 Å². The van der Waals surface area contributed by atoms with Gasteiger partial charge in [-0.3, -0.25) is 4.99 Å². The van der Waals surface area contributed by atoms with Crippen LogP contribution < -0.4 is 16.4 Å². The molecule has 0 atom stereocenters. The lowest BCUT2D eigenvalue weighted by atomic mass is 10.4. The van der Waals surface area contributed by atoms with Crippen LogP contribution in [0.2, 0.25) is 5.02 Å². The Morgan fingerprint density at radius 1 is 1.60 bits per heavy atom. The molecule has 0 aliphatic heterocycles. The number of thiocarbonyl (C=S) groups is 1. The number of anilines is 1. The molecule has 0 amide bonds. The number of hydrogen-bond donors (Lipinski definition) is 3. The largest absolute Gasteiger partial charge is 0.376 e. The summed E-state index contributed by atoms with van der Waals surface area (Å²) in [5, 5.41) is 6.26. The molecule has 0 aromatic carbocycles. The van der Waals surface area contributed by atoms with E-state index in [0.29, 0.717) is 16.8 Å². The number of halogens is 1. The lowest BCUT2D eigenvalue weighted by molar-refractivity contribution is 1.24. The van der Waals surface area contributed by atoms with E-state index >= 15 is 0 Å². The Kier molecular flexibility index (Phi) is 4.26. The molecule has 0 aliphatic carbocycles. The average Bonchev–Trinajstić information content (AvgIpc) is 2.19. The molecule has 0 saturated carbocycles. The van der Waals surface area contributed by atoms with Crippen LogP contribution in [-0.4, -0.2) is 23.1 Å². The zero-order valence-corrected chi connectivity index (χ0v) is 9.56. The predicted octanol–water partition coefficient (Wildman–Crippen LogP) is 0.966. The fraction of sp³-hybridized carbons (Fsp3) is 0.125. The molecule has 0 fully saturated rings. The van der Waals surface area contributed by atoms with Crippen LogP contribution in [-0.2, 0) is 0 Å². The van der Waals surface area contributed by atoms with E-state index in [-0.39, 0.29) is 5.11 Å². The van der Waals surface area contributed by atoms with Gasteiger partial charge in [-0.2, -0.15) is 0 Å². The monoisotopic (exact) mass is 243 g/mol. The molecule has 1 aromatic rings. The number of pyridine rings is 1. The fourth-order valence-corrected chi connectivity index (χ4v) is 1.04. The van der Waals surface area contributed by atoms with Crippen molar-refractivity contribution < 1.29 is 0 Å². The highest BCUT2D eigenvalue weighted by Crippen LogP contribution is 2.08. The van der Waals surface area contributed by atoms with E-state index in [1.165, 1.54) is 6.20 Å². The maximum atomic E-state index is 5.69. The molecule has 15 heavy (non-hydrogen) atoms. The van der Waals surface area contributed by atoms with Gasteiger partial charge in [0, 0.05) is 13.2 Å². The molecule has 4 N–H and O–H groups in total. The van der Waals surface area contributed by atoms with Gasteiger partial charge in [0.2, 0.25) is 5.96 Å². The Bertz CT molecular complexity index is 375. The summed E-state index contributed by atoms with van der Waals surface area (Å²) < 4.78 is 0. The van der Waals surface area contributed by atoms with Crippen LogP contribution in [0, 0.1) is 0 Å². The van der Waals surface area contributed by atoms with Gasteiger partial charge in [0.25, 0.3) is 0 Å². The second kappa shape index (κ2) is 5.47. The molecule has 1 aromatic heterocycles. The van der Waals surface area contributed by atoms with Crippen molar-refractivity contribution in [1.29, 1.82) is 0 Å². The van der Waals surface area contributed by atoms with E-state index < -0.39 is 0 Å². The highest BCUT2D eigenvalue weighted by atomic mass is 35.5. The van der Waals surface area contributed by atoms with Crippen molar-refractivity contribution in [3.8, 4) is 0 Å². The topological polar surface area (TPSA) is 75.3 Å². The zero-order valence-electron chi connectivity index (χ0n) is 7.99. The zero-order chi connectivity index (χ0) is 11.3. The molecule has 1 rings (SSSR count). The lowest BCUT2D eigenvalue weighted by Crippen LogP contribution is -2.39. The van der Waals surface area contributed by atoms with Gasteiger partial charge in [-0.15, -0.1) is 0 Å². The van der Waals surface area contributed by atoms with Gasteiger partial charge in [-0.1, -0.05) is 11.6 Å². The summed E-state index contributed by atoms with van der Waals surface area (Å²) in [5.74, 6) is 1.03. The Hall–Kier alpha value is -1.40. The van der Waals surface area contributed by atoms with Gasteiger partial charge in [-0.05, 0) is 24.4 Å². The summed E-state index contributed by atoms with van der Waals surface area (Å²) in [5.41, 5.74) is 5.30.